The van der Waals surface area contributed by atoms with Gasteiger partial charge in [-0.1, -0.05) is 30.3 Å². The van der Waals surface area contributed by atoms with Crippen LogP contribution in [0, 0.1) is 6.92 Å². The summed E-state index contributed by atoms with van der Waals surface area (Å²) in [5, 5.41) is 10.2. The van der Waals surface area contributed by atoms with Gasteiger partial charge in [-0.15, -0.1) is 0 Å². The number of hydrogen-bond donors (Lipinski definition) is 1. The van der Waals surface area contributed by atoms with Crippen LogP contribution in [0.15, 0.2) is 48.5 Å². The topological polar surface area (TPSA) is 77.8 Å². The molecule has 0 bridgehead atoms. The summed E-state index contributed by atoms with van der Waals surface area (Å²) in [7, 11) is 0. The van der Waals surface area contributed by atoms with Gasteiger partial charge in [0.05, 0.1) is 11.4 Å². The van der Waals surface area contributed by atoms with Gasteiger partial charge in [-0.05, 0) is 37.1 Å². The van der Waals surface area contributed by atoms with Crippen molar-refractivity contribution in [3.63, 3.8) is 0 Å². The van der Waals surface area contributed by atoms with Gasteiger partial charge in [-0.2, -0.15) is 0 Å². The molecule has 1 unspecified atom stereocenters. The molecule has 1 aromatic heterocycles. The second kappa shape index (κ2) is 6.88. The third-order valence-electron chi connectivity index (χ3n) is 4.99. The van der Waals surface area contributed by atoms with Crippen molar-refractivity contribution >= 4 is 28.9 Å². The van der Waals surface area contributed by atoms with E-state index in [9.17, 15) is 14.7 Å². The van der Waals surface area contributed by atoms with Gasteiger partial charge in [0.2, 0.25) is 6.79 Å². The van der Waals surface area contributed by atoms with Crippen LogP contribution in [0.3, 0.4) is 0 Å². The Morgan fingerprint density at radius 1 is 1.14 bits per heavy atom. The Hall–Kier alpha value is -3.54. The fourth-order valence-electron chi connectivity index (χ4n) is 3.59. The smallest absolute Gasteiger partial charge is 0.310 e. The highest BCUT2D eigenvalue weighted by Gasteiger charge is 2.27. The minimum absolute atomic E-state index is 0.104. The standard InChI is InChI=1S/C22H19NO5/c1-13(22(25)26)21-14(2)23(20(24)9-8-15-6-4-3-5-7-15)17-11-19-18(10-16(17)21)27-12-28-19/h3-11,13H,12H2,1-2H3,(H,25,26)/b9-8+. The van der Waals surface area contributed by atoms with Crippen molar-refractivity contribution in [1.29, 1.82) is 0 Å². The average Bonchev–Trinajstić information content (AvgIpc) is 3.25. The number of ether oxygens (including phenoxy) is 2. The molecule has 2 heterocycles. The molecule has 0 fully saturated rings. The number of allylic oxidation sites excluding steroid dienone is 1. The fraction of sp³-hybridized carbons (Fsp3) is 0.182. The van der Waals surface area contributed by atoms with E-state index in [4.69, 9.17) is 9.47 Å². The number of fused-ring (bicyclic) bond motifs is 2. The molecule has 0 saturated heterocycles. The van der Waals surface area contributed by atoms with Crippen molar-refractivity contribution < 1.29 is 24.2 Å². The van der Waals surface area contributed by atoms with Gasteiger partial charge >= 0.3 is 5.97 Å². The molecule has 1 aliphatic rings. The SMILES string of the molecule is Cc1c(C(C)C(=O)O)c2cc3c(cc2n1C(=O)/C=C/c1ccccc1)OCO3. The summed E-state index contributed by atoms with van der Waals surface area (Å²) < 4.78 is 12.4. The van der Waals surface area contributed by atoms with E-state index < -0.39 is 11.9 Å². The number of nitrogens with zero attached hydrogens (tertiary/aromatic N) is 1. The number of hydrogen-bond acceptors (Lipinski definition) is 4. The molecule has 0 radical (unpaired) electrons. The summed E-state index contributed by atoms with van der Waals surface area (Å²) in [5.41, 5.74) is 2.70. The molecule has 3 aromatic rings. The zero-order valence-electron chi connectivity index (χ0n) is 15.5. The van der Waals surface area contributed by atoms with E-state index in [1.807, 2.05) is 30.3 Å². The van der Waals surface area contributed by atoms with Crippen molar-refractivity contribution in [3.8, 4) is 11.5 Å². The number of carbonyl (C=O) groups is 2. The predicted molar refractivity (Wildman–Crippen MR) is 105 cm³/mol. The lowest BCUT2D eigenvalue weighted by atomic mass is 9.98. The fourth-order valence-corrected chi connectivity index (χ4v) is 3.59. The van der Waals surface area contributed by atoms with Crippen LogP contribution in [0.1, 0.15) is 34.5 Å². The molecular weight excluding hydrogens is 358 g/mol. The first kappa shape index (κ1) is 17.9. The summed E-state index contributed by atoms with van der Waals surface area (Å²) in [4.78, 5) is 24.7. The summed E-state index contributed by atoms with van der Waals surface area (Å²) in [6.45, 7) is 3.48. The van der Waals surface area contributed by atoms with E-state index >= 15 is 0 Å². The van der Waals surface area contributed by atoms with Gasteiger partial charge in [-0.25, -0.2) is 0 Å². The largest absolute Gasteiger partial charge is 0.481 e. The Kier molecular flexibility index (Phi) is 4.39. The van der Waals surface area contributed by atoms with E-state index in [1.54, 1.807) is 32.1 Å². The summed E-state index contributed by atoms with van der Waals surface area (Å²) in [5.74, 6) is -0.882. The summed E-state index contributed by atoms with van der Waals surface area (Å²) in [6, 6.07) is 13.0. The lowest BCUT2D eigenvalue weighted by Crippen LogP contribution is -2.12. The lowest BCUT2D eigenvalue weighted by Gasteiger charge is -2.08. The van der Waals surface area contributed by atoms with Gasteiger partial charge in [0, 0.05) is 23.2 Å². The van der Waals surface area contributed by atoms with Crippen molar-refractivity contribution in [3.05, 3.63) is 65.4 Å². The van der Waals surface area contributed by atoms with Crippen molar-refractivity contribution in [2.24, 2.45) is 0 Å². The predicted octanol–water partition coefficient (Wildman–Crippen LogP) is 4.22. The van der Waals surface area contributed by atoms with Crippen molar-refractivity contribution in [2.75, 3.05) is 6.79 Å². The number of benzene rings is 2. The van der Waals surface area contributed by atoms with Crippen LogP contribution in [0.5, 0.6) is 11.5 Å². The van der Waals surface area contributed by atoms with Gasteiger partial charge in [-0.3, -0.25) is 14.2 Å². The number of carboxylic acids is 1. The van der Waals surface area contributed by atoms with Gasteiger partial charge in [0.1, 0.15) is 0 Å². The van der Waals surface area contributed by atoms with Crippen LogP contribution in [-0.2, 0) is 4.79 Å². The maximum absolute atomic E-state index is 13.0. The Labute approximate surface area is 161 Å². The van der Waals surface area contributed by atoms with Crippen LogP contribution in [-0.4, -0.2) is 28.3 Å². The minimum atomic E-state index is -0.952. The van der Waals surface area contributed by atoms with E-state index in [0.717, 1.165) is 5.56 Å². The van der Waals surface area contributed by atoms with E-state index in [2.05, 4.69) is 0 Å². The van der Waals surface area contributed by atoms with Crippen LogP contribution in [0.2, 0.25) is 0 Å². The Bertz CT molecular complexity index is 1110. The van der Waals surface area contributed by atoms with Gasteiger partial charge in [0.15, 0.2) is 11.5 Å². The highest BCUT2D eigenvalue weighted by atomic mass is 16.7. The maximum atomic E-state index is 13.0. The van der Waals surface area contributed by atoms with Crippen molar-refractivity contribution in [1.82, 2.24) is 4.57 Å². The molecule has 1 atom stereocenters. The minimum Gasteiger partial charge on any atom is -0.481 e. The molecule has 1 aliphatic heterocycles. The molecule has 1 N–H and O–H groups in total. The number of aromatic nitrogens is 1. The van der Waals surface area contributed by atoms with E-state index in [-0.39, 0.29) is 12.7 Å². The molecule has 28 heavy (non-hydrogen) atoms. The maximum Gasteiger partial charge on any atom is 0.310 e. The Balaban J connectivity index is 1.87. The van der Waals surface area contributed by atoms with E-state index in [1.165, 1.54) is 10.6 Å². The zero-order valence-corrected chi connectivity index (χ0v) is 15.5. The monoisotopic (exact) mass is 377 g/mol. The van der Waals surface area contributed by atoms with Crippen LogP contribution < -0.4 is 9.47 Å². The molecule has 2 aromatic carbocycles. The molecule has 0 saturated carbocycles. The van der Waals surface area contributed by atoms with Crippen molar-refractivity contribution in [2.45, 2.75) is 19.8 Å². The zero-order chi connectivity index (χ0) is 19.8. The molecule has 0 amide bonds. The molecule has 4 rings (SSSR count). The number of aliphatic carboxylic acids is 1. The Morgan fingerprint density at radius 2 is 1.82 bits per heavy atom. The first-order valence-electron chi connectivity index (χ1n) is 8.92. The number of carbonyl (C=O) groups excluding carboxylic acids is 1. The quantitative estimate of drug-likeness (QED) is 0.689. The molecule has 0 aliphatic carbocycles. The number of carboxylic acid groups (broad SMARTS) is 1. The molecule has 142 valence electrons. The molecule has 6 nitrogen and oxygen atoms in total. The summed E-state index contributed by atoms with van der Waals surface area (Å²) in [6.07, 6.45) is 3.22. The normalized spacial score (nSPS) is 13.9. The first-order valence-corrected chi connectivity index (χ1v) is 8.92. The highest BCUT2D eigenvalue weighted by Crippen LogP contribution is 2.41. The van der Waals surface area contributed by atoms with Crippen LogP contribution in [0.25, 0.3) is 17.0 Å². The van der Waals surface area contributed by atoms with Crippen LogP contribution in [0.4, 0.5) is 0 Å². The lowest BCUT2D eigenvalue weighted by molar-refractivity contribution is -0.138. The van der Waals surface area contributed by atoms with Gasteiger partial charge < -0.3 is 14.6 Å². The number of rotatable bonds is 4. The second-order valence-electron chi connectivity index (χ2n) is 6.70. The molecular formula is C22H19NO5. The average molecular weight is 377 g/mol. The van der Waals surface area contributed by atoms with E-state index in [0.29, 0.717) is 33.7 Å². The Morgan fingerprint density at radius 3 is 2.50 bits per heavy atom. The third kappa shape index (κ3) is 2.93. The van der Waals surface area contributed by atoms with Gasteiger partial charge in [0.25, 0.3) is 5.91 Å². The molecule has 0 spiro atoms. The molecule has 6 heteroatoms. The second-order valence-corrected chi connectivity index (χ2v) is 6.70. The third-order valence-corrected chi connectivity index (χ3v) is 4.99. The first-order chi connectivity index (χ1) is 13.5. The highest BCUT2D eigenvalue weighted by molar-refractivity contribution is 6.04. The summed E-state index contributed by atoms with van der Waals surface area (Å²) >= 11 is 0. The van der Waals surface area contributed by atoms with Crippen LogP contribution >= 0.6 is 0 Å².